The number of ether oxygens (including phenoxy) is 2. The normalized spacial score (nSPS) is 12.6. The average Bonchev–Trinajstić information content (AvgIpc) is 3.13. The zero-order valence-corrected chi connectivity index (χ0v) is 12.8. The van der Waals surface area contributed by atoms with Crippen LogP contribution >= 0.6 is 11.6 Å². The van der Waals surface area contributed by atoms with E-state index in [2.05, 4.69) is 5.32 Å². The number of rotatable bonds is 3. The fraction of sp³-hybridized carbons (Fsp3) is 0.118. The van der Waals surface area contributed by atoms with Crippen molar-refractivity contribution < 1.29 is 14.3 Å². The molecule has 2 heterocycles. The average molecular weight is 329 g/mol. The van der Waals surface area contributed by atoms with Crippen LogP contribution in [0.1, 0.15) is 0 Å². The van der Waals surface area contributed by atoms with E-state index in [0.717, 1.165) is 10.9 Å². The van der Waals surface area contributed by atoms with Gasteiger partial charge >= 0.3 is 0 Å². The van der Waals surface area contributed by atoms with E-state index < -0.39 is 0 Å². The molecular weight excluding hydrogens is 316 g/mol. The molecule has 3 aromatic rings. The molecule has 116 valence electrons. The van der Waals surface area contributed by atoms with Gasteiger partial charge in [0.15, 0.2) is 11.5 Å². The maximum absolute atomic E-state index is 12.3. The smallest absolute Gasteiger partial charge is 0.244 e. The lowest BCUT2D eigenvalue weighted by Crippen LogP contribution is -2.18. The Morgan fingerprint density at radius 2 is 2.00 bits per heavy atom. The Kier molecular flexibility index (Phi) is 3.35. The molecule has 0 spiro atoms. The fourth-order valence-electron chi connectivity index (χ4n) is 2.64. The number of amides is 1. The van der Waals surface area contributed by atoms with Gasteiger partial charge in [0.2, 0.25) is 12.7 Å². The Morgan fingerprint density at radius 1 is 1.13 bits per heavy atom. The van der Waals surface area contributed by atoms with Crippen molar-refractivity contribution in [1.29, 1.82) is 0 Å². The van der Waals surface area contributed by atoms with Gasteiger partial charge in [-0.05, 0) is 36.4 Å². The van der Waals surface area contributed by atoms with Crippen LogP contribution in [-0.4, -0.2) is 17.3 Å². The van der Waals surface area contributed by atoms with Crippen LogP contribution in [0.15, 0.2) is 48.7 Å². The minimum Gasteiger partial charge on any atom is -0.454 e. The van der Waals surface area contributed by atoms with Gasteiger partial charge in [0.05, 0.1) is 0 Å². The number of nitrogens with one attached hydrogen (secondary N) is 1. The monoisotopic (exact) mass is 328 g/mol. The second kappa shape index (κ2) is 5.52. The molecule has 1 aliphatic heterocycles. The Labute approximate surface area is 137 Å². The summed E-state index contributed by atoms with van der Waals surface area (Å²) in [5.41, 5.74) is 1.65. The molecule has 1 amide bonds. The second-order valence-corrected chi connectivity index (χ2v) is 5.70. The molecule has 1 aromatic heterocycles. The summed E-state index contributed by atoms with van der Waals surface area (Å²) in [4.78, 5) is 12.3. The summed E-state index contributed by atoms with van der Waals surface area (Å²) in [7, 11) is 0. The minimum atomic E-state index is -0.115. The van der Waals surface area contributed by atoms with Crippen LogP contribution in [0.3, 0.4) is 0 Å². The molecule has 0 atom stereocenters. The highest BCUT2D eigenvalue weighted by Gasteiger charge is 2.14. The zero-order valence-electron chi connectivity index (χ0n) is 12.1. The van der Waals surface area contributed by atoms with Gasteiger partial charge in [0, 0.05) is 33.9 Å². The minimum absolute atomic E-state index is 0.115. The number of hydrogen-bond acceptors (Lipinski definition) is 3. The molecule has 1 aliphatic rings. The lowest BCUT2D eigenvalue weighted by Gasteiger charge is -2.08. The van der Waals surface area contributed by atoms with Crippen LogP contribution in [0.5, 0.6) is 11.5 Å². The first-order chi connectivity index (χ1) is 11.2. The second-order valence-electron chi connectivity index (χ2n) is 5.26. The largest absolute Gasteiger partial charge is 0.454 e. The number of nitrogens with zero attached hydrogens (tertiary/aromatic N) is 1. The first-order valence-corrected chi connectivity index (χ1v) is 7.51. The van der Waals surface area contributed by atoms with Crippen molar-refractivity contribution in [1.82, 2.24) is 4.57 Å². The van der Waals surface area contributed by atoms with Crippen molar-refractivity contribution in [2.24, 2.45) is 0 Å². The van der Waals surface area contributed by atoms with Gasteiger partial charge in [0.1, 0.15) is 6.54 Å². The Bertz CT molecular complexity index is 904. The molecule has 0 bridgehead atoms. The van der Waals surface area contributed by atoms with E-state index in [9.17, 15) is 4.79 Å². The molecule has 0 unspecified atom stereocenters. The molecule has 5 nitrogen and oxygen atoms in total. The number of aromatic nitrogens is 1. The van der Waals surface area contributed by atoms with Gasteiger partial charge in [-0.15, -0.1) is 0 Å². The maximum atomic E-state index is 12.3. The number of benzene rings is 2. The topological polar surface area (TPSA) is 52.5 Å². The molecule has 0 saturated carbocycles. The van der Waals surface area contributed by atoms with E-state index in [4.69, 9.17) is 21.1 Å². The van der Waals surface area contributed by atoms with E-state index >= 15 is 0 Å². The van der Waals surface area contributed by atoms with Crippen LogP contribution in [0.2, 0.25) is 5.02 Å². The fourth-order valence-corrected chi connectivity index (χ4v) is 2.82. The number of carbonyl (C=O) groups excluding carboxylic acids is 1. The molecule has 0 radical (unpaired) electrons. The first kappa shape index (κ1) is 14.0. The summed E-state index contributed by atoms with van der Waals surface area (Å²) < 4.78 is 12.4. The van der Waals surface area contributed by atoms with E-state index in [1.165, 1.54) is 0 Å². The van der Waals surface area contributed by atoms with Crippen molar-refractivity contribution in [3.63, 3.8) is 0 Å². The van der Waals surface area contributed by atoms with Crippen LogP contribution in [0.25, 0.3) is 10.9 Å². The van der Waals surface area contributed by atoms with Crippen molar-refractivity contribution in [2.75, 3.05) is 12.1 Å². The molecule has 0 fully saturated rings. The summed E-state index contributed by atoms with van der Waals surface area (Å²) in [5, 5.41) is 4.55. The van der Waals surface area contributed by atoms with Gasteiger partial charge < -0.3 is 19.4 Å². The molecule has 6 heteroatoms. The summed E-state index contributed by atoms with van der Waals surface area (Å²) in [6.45, 7) is 0.435. The van der Waals surface area contributed by atoms with E-state index in [1.807, 2.05) is 35.0 Å². The van der Waals surface area contributed by atoms with Gasteiger partial charge in [-0.3, -0.25) is 4.79 Å². The summed E-state index contributed by atoms with van der Waals surface area (Å²) >= 11 is 5.98. The number of carbonyl (C=O) groups is 1. The zero-order chi connectivity index (χ0) is 15.8. The molecule has 23 heavy (non-hydrogen) atoms. The van der Waals surface area contributed by atoms with E-state index in [1.54, 1.807) is 18.2 Å². The third kappa shape index (κ3) is 2.71. The van der Waals surface area contributed by atoms with Crippen LogP contribution in [-0.2, 0) is 11.3 Å². The van der Waals surface area contributed by atoms with Crippen LogP contribution < -0.4 is 14.8 Å². The number of anilines is 1. The Morgan fingerprint density at radius 3 is 2.91 bits per heavy atom. The van der Waals surface area contributed by atoms with Crippen molar-refractivity contribution >= 4 is 34.1 Å². The molecule has 1 N–H and O–H groups in total. The lowest BCUT2D eigenvalue weighted by molar-refractivity contribution is -0.116. The van der Waals surface area contributed by atoms with Crippen molar-refractivity contribution in [3.8, 4) is 11.5 Å². The number of fused-ring (bicyclic) bond motifs is 2. The van der Waals surface area contributed by atoms with Gasteiger partial charge in [0.25, 0.3) is 0 Å². The summed E-state index contributed by atoms with van der Waals surface area (Å²) in [5.74, 6) is 1.22. The highest BCUT2D eigenvalue weighted by atomic mass is 35.5. The maximum Gasteiger partial charge on any atom is 0.244 e. The lowest BCUT2D eigenvalue weighted by atomic mass is 10.2. The highest BCUT2D eigenvalue weighted by Crippen LogP contribution is 2.34. The van der Waals surface area contributed by atoms with Crippen molar-refractivity contribution in [3.05, 3.63) is 53.7 Å². The van der Waals surface area contributed by atoms with Gasteiger partial charge in [-0.1, -0.05) is 11.6 Å². The number of hydrogen-bond donors (Lipinski definition) is 1. The van der Waals surface area contributed by atoms with E-state index in [-0.39, 0.29) is 19.2 Å². The molecule has 2 aromatic carbocycles. The first-order valence-electron chi connectivity index (χ1n) is 7.13. The quantitative estimate of drug-likeness (QED) is 0.798. The molecule has 4 rings (SSSR count). The third-order valence-corrected chi connectivity index (χ3v) is 3.94. The highest BCUT2D eigenvalue weighted by molar-refractivity contribution is 6.31. The predicted molar refractivity (Wildman–Crippen MR) is 88.1 cm³/mol. The van der Waals surface area contributed by atoms with E-state index in [0.29, 0.717) is 22.2 Å². The van der Waals surface area contributed by atoms with Gasteiger partial charge in [-0.2, -0.15) is 0 Å². The SMILES string of the molecule is O=C(Cn1ccc2cc(Cl)ccc21)Nc1ccc2c(c1)OCO2. The number of halogens is 1. The molecule has 0 aliphatic carbocycles. The standard InChI is InChI=1S/C17H13ClN2O3/c18-12-1-3-14-11(7-12)5-6-20(14)9-17(21)19-13-2-4-15-16(8-13)23-10-22-15/h1-8H,9-10H2,(H,19,21). The summed E-state index contributed by atoms with van der Waals surface area (Å²) in [6, 6.07) is 12.9. The Balaban J connectivity index is 1.51. The third-order valence-electron chi connectivity index (χ3n) is 3.70. The Hall–Kier alpha value is -2.66. The predicted octanol–water partition coefficient (Wildman–Crippen LogP) is 3.66. The van der Waals surface area contributed by atoms with Gasteiger partial charge in [-0.25, -0.2) is 0 Å². The van der Waals surface area contributed by atoms with Crippen LogP contribution in [0.4, 0.5) is 5.69 Å². The molecular formula is C17H13ClN2O3. The molecule has 0 saturated heterocycles. The van der Waals surface area contributed by atoms with Crippen LogP contribution in [0, 0.1) is 0 Å². The van der Waals surface area contributed by atoms with Crippen molar-refractivity contribution in [2.45, 2.75) is 6.54 Å². The summed E-state index contributed by atoms with van der Waals surface area (Å²) in [6.07, 6.45) is 1.88.